The van der Waals surface area contributed by atoms with E-state index >= 15 is 0 Å². The van der Waals surface area contributed by atoms with Crippen molar-refractivity contribution >= 4 is 11.5 Å². The van der Waals surface area contributed by atoms with Crippen LogP contribution in [0.2, 0.25) is 0 Å². The molecule has 0 radical (unpaired) electrons. The molecule has 2 spiro atoms. The molecule has 30 heavy (non-hydrogen) atoms. The van der Waals surface area contributed by atoms with Crippen molar-refractivity contribution in [2.45, 2.75) is 56.7 Å². The quantitative estimate of drug-likeness (QED) is 0.668. The normalized spacial score (nSPS) is 28.5. The zero-order valence-electron chi connectivity index (χ0n) is 17.0. The third kappa shape index (κ3) is 3.03. The van der Waals surface area contributed by atoms with E-state index in [0.29, 0.717) is 18.4 Å². The van der Waals surface area contributed by atoms with E-state index in [4.69, 9.17) is 9.47 Å². The fourth-order valence-corrected chi connectivity index (χ4v) is 5.15. The number of aliphatic hydroxyl groups is 1. The van der Waals surface area contributed by atoms with Gasteiger partial charge >= 0.3 is 5.97 Å². The van der Waals surface area contributed by atoms with Crippen LogP contribution in [0.4, 0.5) is 4.39 Å². The van der Waals surface area contributed by atoms with Crippen molar-refractivity contribution in [3.63, 3.8) is 0 Å². The summed E-state index contributed by atoms with van der Waals surface area (Å²) >= 11 is 0. The van der Waals surface area contributed by atoms with Crippen LogP contribution in [0.15, 0.2) is 48.2 Å². The Balaban J connectivity index is 1.51. The number of aryl methyl sites for hydroxylation is 1. The largest absolute Gasteiger partial charge is 0.507 e. The third-order valence-corrected chi connectivity index (χ3v) is 7.00. The first-order chi connectivity index (χ1) is 14.4. The molecule has 2 aromatic rings. The van der Waals surface area contributed by atoms with Crippen LogP contribution < -0.4 is 0 Å². The molecule has 3 aliphatic rings. The van der Waals surface area contributed by atoms with E-state index in [9.17, 15) is 14.3 Å². The highest BCUT2D eigenvalue weighted by Crippen LogP contribution is 2.51. The van der Waals surface area contributed by atoms with Crippen LogP contribution in [0.25, 0.3) is 16.7 Å². The van der Waals surface area contributed by atoms with Crippen molar-refractivity contribution in [2.24, 2.45) is 0 Å². The number of rotatable bonds is 2. The lowest BCUT2D eigenvalue weighted by Gasteiger charge is -2.41. The van der Waals surface area contributed by atoms with Crippen molar-refractivity contribution in [3.05, 3.63) is 65.2 Å². The second-order valence-electron chi connectivity index (χ2n) is 8.78. The summed E-state index contributed by atoms with van der Waals surface area (Å²) in [6.07, 6.45) is 4.82. The Labute approximate surface area is 175 Å². The highest BCUT2D eigenvalue weighted by Gasteiger charge is 2.54. The highest BCUT2D eigenvalue weighted by atomic mass is 19.1. The van der Waals surface area contributed by atoms with Crippen LogP contribution in [0, 0.1) is 12.7 Å². The van der Waals surface area contributed by atoms with E-state index in [1.807, 2.05) is 25.1 Å². The number of hydrogen-bond donors (Lipinski definition) is 1. The molecule has 2 aliphatic heterocycles. The van der Waals surface area contributed by atoms with Crippen molar-refractivity contribution in [3.8, 4) is 11.1 Å². The second kappa shape index (κ2) is 6.95. The van der Waals surface area contributed by atoms with Gasteiger partial charge in [0.05, 0.1) is 5.60 Å². The van der Waals surface area contributed by atoms with Gasteiger partial charge in [-0.3, -0.25) is 0 Å². The highest BCUT2D eigenvalue weighted by molar-refractivity contribution is 6.20. The summed E-state index contributed by atoms with van der Waals surface area (Å²) in [6, 6.07) is 11.9. The van der Waals surface area contributed by atoms with E-state index in [2.05, 4.69) is 0 Å². The summed E-state index contributed by atoms with van der Waals surface area (Å²) in [7, 11) is 0. The van der Waals surface area contributed by atoms with Crippen LogP contribution in [-0.4, -0.2) is 28.9 Å². The second-order valence-corrected chi connectivity index (χ2v) is 8.78. The molecule has 0 amide bonds. The summed E-state index contributed by atoms with van der Waals surface area (Å²) in [4.78, 5) is 12.9. The molecule has 1 N–H and O–H groups in total. The number of halogens is 1. The molecule has 156 valence electrons. The van der Waals surface area contributed by atoms with Crippen LogP contribution >= 0.6 is 0 Å². The van der Waals surface area contributed by atoms with E-state index in [1.54, 1.807) is 12.1 Å². The first kappa shape index (κ1) is 19.3. The molecule has 1 aliphatic carbocycles. The first-order valence-electron chi connectivity index (χ1n) is 10.6. The Hall–Kier alpha value is -2.66. The van der Waals surface area contributed by atoms with Gasteiger partial charge in [-0.25, -0.2) is 9.18 Å². The molecule has 4 nitrogen and oxygen atoms in total. The fraction of sp³-hybridized carbons (Fsp3) is 0.400. The molecular weight excluding hydrogens is 383 g/mol. The SMILES string of the molecule is Cc1ccc(-c2ccc(F)cc2)cc1C1=C(O)C2(CCC3(CCCO3)CC2)OC1=O. The Morgan fingerprint density at radius 1 is 0.967 bits per heavy atom. The Morgan fingerprint density at radius 2 is 1.67 bits per heavy atom. The lowest BCUT2D eigenvalue weighted by atomic mass is 9.73. The predicted molar refractivity (Wildman–Crippen MR) is 111 cm³/mol. The molecule has 0 aromatic heterocycles. The minimum Gasteiger partial charge on any atom is -0.507 e. The van der Waals surface area contributed by atoms with Gasteiger partial charge in [-0.15, -0.1) is 0 Å². The summed E-state index contributed by atoms with van der Waals surface area (Å²) < 4.78 is 25.1. The fourth-order valence-electron chi connectivity index (χ4n) is 5.15. The molecule has 0 atom stereocenters. The van der Waals surface area contributed by atoms with E-state index in [0.717, 1.165) is 49.0 Å². The first-order valence-corrected chi connectivity index (χ1v) is 10.6. The van der Waals surface area contributed by atoms with Gasteiger partial charge in [0.1, 0.15) is 11.4 Å². The van der Waals surface area contributed by atoms with Gasteiger partial charge in [0.2, 0.25) is 0 Å². The van der Waals surface area contributed by atoms with Gasteiger partial charge in [-0.05, 0) is 85.9 Å². The van der Waals surface area contributed by atoms with Gasteiger partial charge in [-0.1, -0.05) is 24.3 Å². The van der Waals surface area contributed by atoms with Gasteiger partial charge in [-0.2, -0.15) is 0 Å². The Bertz CT molecular complexity index is 1020. The molecule has 5 rings (SSSR count). The average molecular weight is 408 g/mol. The number of ether oxygens (including phenoxy) is 2. The number of carbonyl (C=O) groups excluding carboxylic acids is 1. The molecule has 1 saturated carbocycles. The zero-order valence-corrected chi connectivity index (χ0v) is 17.0. The maximum absolute atomic E-state index is 13.3. The molecule has 2 fully saturated rings. The minimum atomic E-state index is -0.943. The maximum atomic E-state index is 13.3. The van der Waals surface area contributed by atoms with Gasteiger partial charge < -0.3 is 14.6 Å². The van der Waals surface area contributed by atoms with Gasteiger partial charge in [0.15, 0.2) is 11.4 Å². The van der Waals surface area contributed by atoms with Gasteiger partial charge in [0.25, 0.3) is 0 Å². The summed E-state index contributed by atoms with van der Waals surface area (Å²) in [6.45, 7) is 2.69. The number of benzene rings is 2. The van der Waals surface area contributed by atoms with Crippen molar-refractivity contribution in [1.82, 2.24) is 0 Å². The summed E-state index contributed by atoms with van der Waals surface area (Å²) in [5.41, 5.74) is 2.43. The van der Waals surface area contributed by atoms with Crippen molar-refractivity contribution < 1.29 is 23.8 Å². The Morgan fingerprint density at radius 3 is 2.33 bits per heavy atom. The standard InChI is InChI=1S/C25H25FO4/c1-16-3-4-18(17-5-7-19(26)8-6-17)15-20(16)21-22(27)25(30-23(21)28)12-10-24(11-13-25)9-2-14-29-24/h3-8,15,27H,2,9-14H2,1H3. The van der Waals surface area contributed by atoms with E-state index < -0.39 is 11.6 Å². The van der Waals surface area contributed by atoms with E-state index in [1.165, 1.54) is 12.1 Å². The van der Waals surface area contributed by atoms with Crippen LogP contribution in [0.1, 0.15) is 49.7 Å². The molecule has 2 heterocycles. The lowest BCUT2D eigenvalue weighted by Crippen LogP contribution is -2.44. The number of esters is 1. The third-order valence-electron chi connectivity index (χ3n) is 7.00. The smallest absolute Gasteiger partial charge is 0.343 e. The zero-order chi connectivity index (χ0) is 20.9. The molecule has 1 saturated heterocycles. The molecule has 5 heteroatoms. The molecule has 0 unspecified atom stereocenters. The van der Waals surface area contributed by atoms with E-state index in [-0.39, 0.29) is 22.8 Å². The van der Waals surface area contributed by atoms with Gasteiger partial charge in [0, 0.05) is 6.61 Å². The minimum absolute atomic E-state index is 0.0414. The number of carbonyl (C=O) groups is 1. The number of aliphatic hydroxyl groups excluding tert-OH is 1. The number of hydrogen-bond acceptors (Lipinski definition) is 4. The van der Waals surface area contributed by atoms with Crippen LogP contribution in [0.5, 0.6) is 0 Å². The Kier molecular flexibility index (Phi) is 4.47. The molecular formula is C25H25FO4. The van der Waals surface area contributed by atoms with Crippen molar-refractivity contribution in [2.75, 3.05) is 6.61 Å². The predicted octanol–water partition coefficient (Wildman–Crippen LogP) is 5.49. The van der Waals surface area contributed by atoms with Crippen molar-refractivity contribution in [1.29, 1.82) is 0 Å². The topological polar surface area (TPSA) is 55.8 Å². The molecule has 2 aromatic carbocycles. The molecule has 0 bridgehead atoms. The summed E-state index contributed by atoms with van der Waals surface area (Å²) in [5, 5.41) is 11.2. The average Bonchev–Trinajstić information content (AvgIpc) is 3.29. The summed E-state index contributed by atoms with van der Waals surface area (Å²) in [5.74, 6) is -0.732. The van der Waals surface area contributed by atoms with Crippen LogP contribution in [-0.2, 0) is 14.3 Å². The maximum Gasteiger partial charge on any atom is 0.343 e. The van der Waals surface area contributed by atoms with Crippen LogP contribution in [0.3, 0.4) is 0 Å². The lowest BCUT2D eigenvalue weighted by molar-refractivity contribution is -0.156. The monoisotopic (exact) mass is 408 g/mol.